The molecule has 0 spiro atoms. The molecule has 0 aliphatic carbocycles. The molecule has 0 saturated carbocycles. The van der Waals surface area contributed by atoms with Crippen molar-refractivity contribution < 1.29 is 26.7 Å². The zero-order valence-electron chi connectivity index (χ0n) is 11.1. The standard InChI is InChI=1S/C12H12NO.CH4O4S/c1-14-13-9-7-12(8-10-13)11-5-3-2-4-6-11;1-5-6(2,3)4/h2-10H,1H3;1H3,(H,2,3,4)/q+1;/p-1. The summed E-state index contributed by atoms with van der Waals surface area (Å²) < 4.78 is 32.7. The minimum atomic E-state index is -4.41. The maximum Gasteiger partial charge on any atom is 0.223 e. The van der Waals surface area contributed by atoms with Crippen molar-refractivity contribution in [2.45, 2.75) is 0 Å². The Bertz CT molecular complexity index is 611. The summed E-state index contributed by atoms with van der Waals surface area (Å²) in [5.41, 5.74) is 2.41. The van der Waals surface area contributed by atoms with Gasteiger partial charge < -0.3 is 4.55 Å². The maximum atomic E-state index is 9.22. The van der Waals surface area contributed by atoms with E-state index in [2.05, 4.69) is 16.3 Å². The van der Waals surface area contributed by atoms with Gasteiger partial charge in [0.05, 0.1) is 7.11 Å². The van der Waals surface area contributed by atoms with Gasteiger partial charge >= 0.3 is 0 Å². The molecule has 0 N–H and O–H groups in total. The summed E-state index contributed by atoms with van der Waals surface area (Å²) in [6, 6.07) is 14.3. The highest BCUT2D eigenvalue weighted by Crippen LogP contribution is 2.16. The molecule has 0 radical (unpaired) electrons. The van der Waals surface area contributed by atoms with Gasteiger partial charge in [0.15, 0.2) is 0 Å². The van der Waals surface area contributed by atoms with Gasteiger partial charge in [0.25, 0.3) is 0 Å². The second kappa shape index (κ2) is 7.59. The van der Waals surface area contributed by atoms with Crippen molar-refractivity contribution in [2.24, 2.45) is 0 Å². The molecule has 0 atom stereocenters. The summed E-state index contributed by atoms with van der Waals surface area (Å²) in [5.74, 6) is 0. The predicted octanol–water partition coefficient (Wildman–Crippen LogP) is 0.793. The fraction of sp³-hybridized carbons (Fsp3) is 0.154. The first-order valence-electron chi connectivity index (χ1n) is 5.59. The largest absolute Gasteiger partial charge is 0.726 e. The quantitative estimate of drug-likeness (QED) is 0.475. The van der Waals surface area contributed by atoms with Crippen LogP contribution in [0.5, 0.6) is 0 Å². The first kappa shape index (κ1) is 16.1. The van der Waals surface area contributed by atoms with Crippen molar-refractivity contribution in [1.82, 2.24) is 0 Å². The van der Waals surface area contributed by atoms with Crippen LogP contribution in [-0.4, -0.2) is 27.2 Å². The molecule has 108 valence electrons. The molecule has 1 aromatic carbocycles. The van der Waals surface area contributed by atoms with Crippen molar-refractivity contribution in [2.75, 3.05) is 14.2 Å². The first-order valence-corrected chi connectivity index (χ1v) is 6.92. The Morgan fingerprint density at radius 2 is 1.40 bits per heavy atom. The molecule has 0 fully saturated rings. The van der Waals surface area contributed by atoms with E-state index in [0.717, 1.165) is 7.11 Å². The fourth-order valence-electron chi connectivity index (χ4n) is 1.36. The van der Waals surface area contributed by atoms with Crippen LogP contribution < -0.4 is 9.57 Å². The monoisotopic (exact) mass is 297 g/mol. The minimum absolute atomic E-state index is 0.808. The Balaban J connectivity index is 0.000000286. The lowest BCUT2D eigenvalue weighted by molar-refractivity contribution is -0.885. The molecule has 1 aromatic heterocycles. The van der Waals surface area contributed by atoms with Crippen molar-refractivity contribution in [3.05, 3.63) is 54.9 Å². The molecule has 0 saturated heterocycles. The van der Waals surface area contributed by atoms with E-state index in [1.54, 1.807) is 11.8 Å². The fourth-order valence-corrected chi connectivity index (χ4v) is 1.36. The van der Waals surface area contributed by atoms with Crippen molar-refractivity contribution in [3.8, 4) is 11.1 Å². The Morgan fingerprint density at radius 3 is 1.80 bits per heavy atom. The molecule has 6 nitrogen and oxygen atoms in total. The van der Waals surface area contributed by atoms with Gasteiger partial charge in [0.1, 0.15) is 7.11 Å². The van der Waals surface area contributed by atoms with Crippen LogP contribution in [0.25, 0.3) is 11.1 Å². The van der Waals surface area contributed by atoms with Crippen LogP contribution in [0.15, 0.2) is 54.9 Å². The molecule has 2 rings (SSSR count). The van der Waals surface area contributed by atoms with E-state index in [0.29, 0.717) is 0 Å². The molecule has 0 amide bonds. The summed E-state index contributed by atoms with van der Waals surface area (Å²) in [6.45, 7) is 0. The van der Waals surface area contributed by atoms with E-state index in [9.17, 15) is 13.0 Å². The third-order valence-electron chi connectivity index (χ3n) is 2.32. The molecular weight excluding hydrogens is 282 g/mol. The molecule has 0 unspecified atom stereocenters. The third kappa shape index (κ3) is 5.79. The summed E-state index contributed by atoms with van der Waals surface area (Å²) in [6.07, 6.45) is 3.78. The third-order valence-corrected chi connectivity index (χ3v) is 2.73. The highest BCUT2D eigenvalue weighted by atomic mass is 32.3. The average molecular weight is 297 g/mol. The number of pyridine rings is 1. The topological polar surface area (TPSA) is 79.5 Å². The van der Waals surface area contributed by atoms with Gasteiger partial charge in [-0.05, 0) is 11.1 Å². The number of hydrogen-bond acceptors (Lipinski definition) is 5. The number of hydrogen-bond donors (Lipinski definition) is 0. The van der Waals surface area contributed by atoms with Crippen LogP contribution in [-0.2, 0) is 14.6 Å². The van der Waals surface area contributed by atoms with E-state index >= 15 is 0 Å². The summed E-state index contributed by atoms with van der Waals surface area (Å²) >= 11 is 0. The zero-order chi connectivity index (χ0) is 15.0. The van der Waals surface area contributed by atoms with Gasteiger partial charge in [-0.25, -0.2) is 8.42 Å². The Morgan fingerprint density at radius 1 is 0.950 bits per heavy atom. The lowest BCUT2D eigenvalue weighted by atomic mass is 10.1. The number of rotatable bonds is 3. The number of benzene rings is 1. The van der Waals surface area contributed by atoms with Crippen LogP contribution >= 0.6 is 0 Å². The lowest BCUT2D eigenvalue weighted by Gasteiger charge is -1.98. The summed E-state index contributed by atoms with van der Waals surface area (Å²) in [7, 11) is -1.96. The van der Waals surface area contributed by atoms with Gasteiger partial charge in [-0.2, -0.15) is 0 Å². The maximum absolute atomic E-state index is 9.22. The smallest absolute Gasteiger partial charge is 0.223 e. The molecule has 2 aromatic rings. The van der Waals surface area contributed by atoms with Gasteiger partial charge in [0, 0.05) is 16.9 Å². The zero-order valence-corrected chi connectivity index (χ0v) is 11.9. The van der Waals surface area contributed by atoms with E-state index in [1.165, 1.54) is 11.1 Å². The number of aromatic nitrogens is 1. The van der Waals surface area contributed by atoms with Crippen molar-refractivity contribution in [3.63, 3.8) is 0 Å². The molecule has 0 bridgehead atoms. The highest BCUT2D eigenvalue weighted by molar-refractivity contribution is 7.80. The SMILES string of the molecule is COS(=O)(=O)[O-].CO[n+]1ccc(-c2ccccc2)cc1. The average Bonchev–Trinajstić information content (AvgIpc) is 2.48. The lowest BCUT2D eigenvalue weighted by Crippen LogP contribution is -2.39. The Kier molecular flexibility index (Phi) is 6.10. The molecule has 0 aliphatic rings. The van der Waals surface area contributed by atoms with Gasteiger partial charge in [-0.15, -0.1) is 0 Å². The van der Waals surface area contributed by atoms with Crippen LogP contribution in [0.2, 0.25) is 0 Å². The van der Waals surface area contributed by atoms with Crippen LogP contribution in [0.4, 0.5) is 0 Å². The van der Waals surface area contributed by atoms with Gasteiger partial charge in [-0.1, -0.05) is 30.3 Å². The van der Waals surface area contributed by atoms with Crippen molar-refractivity contribution in [1.29, 1.82) is 0 Å². The predicted molar refractivity (Wildman–Crippen MR) is 71.3 cm³/mol. The molecule has 1 heterocycles. The van der Waals surface area contributed by atoms with Crippen LogP contribution in [0.3, 0.4) is 0 Å². The van der Waals surface area contributed by atoms with Crippen LogP contribution in [0.1, 0.15) is 0 Å². The van der Waals surface area contributed by atoms with Gasteiger partial charge in [-0.3, -0.25) is 9.02 Å². The van der Waals surface area contributed by atoms with Crippen LogP contribution in [0, 0.1) is 0 Å². The first-order chi connectivity index (χ1) is 9.46. The highest BCUT2D eigenvalue weighted by Gasteiger charge is 2.00. The second-order valence-corrected chi connectivity index (χ2v) is 4.72. The summed E-state index contributed by atoms with van der Waals surface area (Å²) in [4.78, 5) is 5.02. The minimum Gasteiger partial charge on any atom is -0.726 e. The number of nitrogens with zero attached hydrogens (tertiary/aromatic N) is 1. The van der Waals surface area contributed by atoms with E-state index in [1.807, 2.05) is 42.7 Å². The van der Waals surface area contributed by atoms with Crippen molar-refractivity contribution >= 4 is 10.4 Å². The molecular formula is C13H15NO5S. The summed E-state index contributed by atoms with van der Waals surface area (Å²) in [5, 5.41) is 0. The van der Waals surface area contributed by atoms with Gasteiger partial charge in [0.2, 0.25) is 22.8 Å². The van der Waals surface area contributed by atoms with E-state index < -0.39 is 10.4 Å². The Hall–Kier alpha value is -1.96. The van der Waals surface area contributed by atoms with E-state index in [4.69, 9.17) is 4.84 Å². The molecule has 7 heteroatoms. The molecule has 20 heavy (non-hydrogen) atoms. The normalized spacial score (nSPS) is 10.3. The Labute approximate surface area is 118 Å². The van der Waals surface area contributed by atoms with E-state index in [-0.39, 0.29) is 0 Å². The molecule has 0 aliphatic heterocycles. The second-order valence-electron chi connectivity index (χ2n) is 3.57.